The zero-order chi connectivity index (χ0) is 19.7. The minimum Gasteiger partial charge on any atom is -0.350 e. The lowest BCUT2D eigenvalue weighted by Gasteiger charge is -2.05. The molecule has 0 fully saturated rings. The van der Waals surface area contributed by atoms with Gasteiger partial charge in [-0.05, 0) is 32.9 Å². The zero-order valence-corrected chi connectivity index (χ0v) is 15.4. The van der Waals surface area contributed by atoms with Crippen molar-refractivity contribution in [3.05, 3.63) is 56.7 Å². The molecule has 1 N–H and O–H groups in total. The Morgan fingerprint density at radius 1 is 1.33 bits per heavy atom. The van der Waals surface area contributed by atoms with Crippen LogP contribution in [0.25, 0.3) is 0 Å². The molecule has 0 aliphatic carbocycles. The zero-order valence-electron chi connectivity index (χ0n) is 15.4. The Bertz CT molecular complexity index is 1010. The molecule has 3 aromatic rings. The van der Waals surface area contributed by atoms with Crippen LogP contribution in [0.2, 0.25) is 0 Å². The lowest BCUT2D eigenvalue weighted by Crippen LogP contribution is -2.24. The highest BCUT2D eigenvalue weighted by Gasteiger charge is 2.23. The van der Waals surface area contributed by atoms with Crippen molar-refractivity contribution in [2.75, 3.05) is 0 Å². The molecule has 3 heterocycles. The van der Waals surface area contributed by atoms with E-state index in [1.165, 1.54) is 4.68 Å². The molecule has 0 aliphatic heterocycles. The lowest BCUT2D eigenvalue weighted by atomic mass is 10.3. The largest absolute Gasteiger partial charge is 0.350 e. The van der Waals surface area contributed by atoms with E-state index in [9.17, 15) is 14.9 Å². The highest BCUT2D eigenvalue weighted by molar-refractivity contribution is 5.89. The van der Waals surface area contributed by atoms with E-state index in [2.05, 4.69) is 20.6 Å². The van der Waals surface area contributed by atoms with Crippen molar-refractivity contribution in [3.8, 4) is 0 Å². The van der Waals surface area contributed by atoms with Crippen LogP contribution in [0.1, 0.15) is 39.3 Å². The summed E-state index contributed by atoms with van der Waals surface area (Å²) in [6.45, 7) is 5.51. The van der Waals surface area contributed by atoms with Crippen LogP contribution in [0.15, 0.2) is 16.7 Å². The fourth-order valence-electron chi connectivity index (χ4n) is 2.74. The number of aryl methyl sites for hydroxylation is 2. The Labute approximate surface area is 154 Å². The number of nitro groups is 1. The third-order valence-electron chi connectivity index (χ3n) is 4.39. The molecule has 142 valence electrons. The van der Waals surface area contributed by atoms with Crippen LogP contribution in [0.3, 0.4) is 0 Å². The summed E-state index contributed by atoms with van der Waals surface area (Å²) in [5, 5.41) is 21.7. The third-order valence-corrected chi connectivity index (χ3v) is 4.39. The second-order valence-electron chi connectivity index (χ2n) is 6.16. The molecule has 11 nitrogen and oxygen atoms in total. The summed E-state index contributed by atoms with van der Waals surface area (Å²) in [5.74, 6) is -0.464. The third kappa shape index (κ3) is 3.57. The number of carbonyl (C=O) groups excluding carboxylic acids is 1. The van der Waals surface area contributed by atoms with E-state index in [4.69, 9.17) is 4.52 Å². The molecule has 27 heavy (non-hydrogen) atoms. The van der Waals surface area contributed by atoms with Crippen LogP contribution in [-0.2, 0) is 20.1 Å². The van der Waals surface area contributed by atoms with Gasteiger partial charge < -0.3 is 14.4 Å². The molecule has 0 bridgehead atoms. The molecule has 1 amide bonds. The minimum absolute atomic E-state index is 0.0469. The van der Waals surface area contributed by atoms with Gasteiger partial charge in [-0.25, -0.2) is 0 Å². The van der Waals surface area contributed by atoms with Gasteiger partial charge in [0.1, 0.15) is 17.9 Å². The van der Waals surface area contributed by atoms with Gasteiger partial charge in [-0.3, -0.25) is 19.6 Å². The van der Waals surface area contributed by atoms with E-state index in [1.54, 1.807) is 13.8 Å². The van der Waals surface area contributed by atoms with Crippen LogP contribution in [0.4, 0.5) is 5.69 Å². The van der Waals surface area contributed by atoms with E-state index in [0.717, 1.165) is 11.4 Å². The molecule has 0 saturated carbocycles. The number of aromatic nitrogens is 5. The molecule has 0 aliphatic rings. The van der Waals surface area contributed by atoms with Crippen molar-refractivity contribution in [1.82, 2.24) is 29.8 Å². The summed E-state index contributed by atoms with van der Waals surface area (Å²) in [6.07, 6.45) is 0. The van der Waals surface area contributed by atoms with Gasteiger partial charge in [-0.15, -0.1) is 0 Å². The summed E-state index contributed by atoms with van der Waals surface area (Å²) < 4.78 is 8.37. The molecule has 0 aromatic carbocycles. The first-order valence-corrected chi connectivity index (χ1v) is 8.18. The standard InChI is InChI=1S/C16H19N7O4/c1-9-5-6-12(21(9)4)7-17-15(24)16-18-13(20-27-16)8-22-11(3)14(23(25)26)10(2)19-22/h5-6H,7-8H2,1-4H3,(H,17,24). The van der Waals surface area contributed by atoms with Gasteiger partial charge in [0, 0.05) is 18.4 Å². The number of hydrogen-bond donors (Lipinski definition) is 1. The maximum atomic E-state index is 12.2. The summed E-state index contributed by atoms with van der Waals surface area (Å²) in [6, 6.07) is 3.88. The average Bonchev–Trinajstić information content (AvgIpc) is 3.27. The van der Waals surface area contributed by atoms with Crippen molar-refractivity contribution in [2.24, 2.45) is 7.05 Å². The first-order valence-electron chi connectivity index (χ1n) is 8.18. The highest BCUT2D eigenvalue weighted by atomic mass is 16.6. The van der Waals surface area contributed by atoms with E-state index in [0.29, 0.717) is 17.9 Å². The van der Waals surface area contributed by atoms with Gasteiger partial charge >= 0.3 is 17.5 Å². The first-order chi connectivity index (χ1) is 12.8. The number of rotatable bonds is 6. The fourth-order valence-corrected chi connectivity index (χ4v) is 2.74. The Balaban J connectivity index is 1.68. The lowest BCUT2D eigenvalue weighted by molar-refractivity contribution is -0.386. The predicted octanol–water partition coefficient (Wildman–Crippen LogP) is 1.42. The SMILES string of the molecule is Cc1nn(Cc2noc(C(=O)NCc3ccc(C)n3C)n2)c(C)c1[N+](=O)[O-]. The van der Waals surface area contributed by atoms with Gasteiger partial charge in [0.15, 0.2) is 5.82 Å². The van der Waals surface area contributed by atoms with Crippen molar-refractivity contribution in [2.45, 2.75) is 33.9 Å². The fraction of sp³-hybridized carbons (Fsp3) is 0.375. The van der Waals surface area contributed by atoms with Gasteiger partial charge in [0.05, 0.1) is 11.5 Å². The van der Waals surface area contributed by atoms with Crippen molar-refractivity contribution in [3.63, 3.8) is 0 Å². The number of amides is 1. The number of carbonyl (C=O) groups is 1. The minimum atomic E-state index is -0.494. The normalized spacial score (nSPS) is 11.0. The van der Waals surface area contributed by atoms with Crippen molar-refractivity contribution in [1.29, 1.82) is 0 Å². The Hall–Kier alpha value is -3.50. The maximum absolute atomic E-state index is 12.2. The van der Waals surface area contributed by atoms with Crippen LogP contribution in [-0.4, -0.2) is 35.3 Å². The van der Waals surface area contributed by atoms with Gasteiger partial charge in [0.2, 0.25) is 0 Å². The van der Waals surface area contributed by atoms with Gasteiger partial charge in [-0.1, -0.05) is 5.16 Å². The van der Waals surface area contributed by atoms with Crippen molar-refractivity contribution >= 4 is 11.6 Å². The number of nitrogens with one attached hydrogen (secondary N) is 1. The van der Waals surface area contributed by atoms with E-state index < -0.39 is 10.8 Å². The second-order valence-corrected chi connectivity index (χ2v) is 6.16. The summed E-state index contributed by atoms with van der Waals surface area (Å²) in [7, 11) is 1.91. The van der Waals surface area contributed by atoms with Crippen LogP contribution >= 0.6 is 0 Å². The van der Waals surface area contributed by atoms with Gasteiger partial charge in [-0.2, -0.15) is 10.1 Å². The summed E-state index contributed by atoms with van der Waals surface area (Å²) >= 11 is 0. The van der Waals surface area contributed by atoms with E-state index in [-0.39, 0.29) is 23.9 Å². The second kappa shape index (κ2) is 7.02. The first kappa shape index (κ1) is 18.3. The predicted molar refractivity (Wildman–Crippen MR) is 93.1 cm³/mol. The molecular weight excluding hydrogens is 354 g/mol. The Kier molecular flexibility index (Phi) is 4.75. The molecule has 3 rings (SSSR count). The van der Waals surface area contributed by atoms with Crippen LogP contribution in [0, 0.1) is 30.9 Å². The molecular formula is C16H19N7O4. The van der Waals surface area contributed by atoms with E-state index in [1.807, 2.05) is 30.7 Å². The van der Waals surface area contributed by atoms with Crippen LogP contribution < -0.4 is 5.32 Å². The van der Waals surface area contributed by atoms with Crippen molar-refractivity contribution < 1.29 is 14.2 Å². The monoisotopic (exact) mass is 373 g/mol. The summed E-state index contributed by atoms with van der Waals surface area (Å²) in [5.41, 5.74) is 2.66. The topological polar surface area (TPSA) is 134 Å². The molecule has 0 unspecified atom stereocenters. The quantitative estimate of drug-likeness (QED) is 0.510. The highest BCUT2D eigenvalue weighted by Crippen LogP contribution is 2.22. The Morgan fingerprint density at radius 2 is 2.07 bits per heavy atom. The number of hydrogen-bond acceptors (Lipinski definition) is 7. The summed E-state index contributed by atoms with van der Waals surface area (Å²) in [4.78, 5) is 26.8. The molecule has 0 atom stereocenters. The molecule has 0 spiro atoms. The average molecular weight is 373 g/mol. The molecule has 3 aromatic heterocycles. The maximum Gasteiger partial charge on any atom is 0.316 e. The smallest absolute Gasteiger partial charge is 0.316 e. The van der Waals surface area contributed by atoms with Crippen LogP contribution in [0.5, 0.6) is 0 Å². The molecule has 11 heteroatoms. The molecule has 0 radical (unpaired) electrons. The number of nitrogens with zero attached hydrogens (tertiary/aromatic N) is 6. The molecule has 0 saturated heterocycles. The Morgan fingerprint density at radius 3 is 2.67 bits per heavy atom. The van der Waals surface area contributed by atoms with E-state index >= 15 is 0 Å². The van der Waals surface area contributed by atoms with Gasteiger partial charge in [0.25, 0.3) is 0 Å².